The molecule has 1 atom stereocenters. The zero-order valence-corrected chi connectivity index (χ0v) is 16.2. The summed E-state index contributed by atoms with van der Waals surface area (Å²) < 4.78 is 24.9. The largest absolute Gasteiger partial charge is 0.342 e. The first-order chi connectivity index (χ1) is 12.5. The summed E-state index contributed by atoms with van der Waals surface area (Å²) in [6, 6.07) is 17.6. The van der Waals surface area contributed by atoms with Gasteiger partial charge in [0.2, 0.25) is 0 Å². The number of alkyl halides is 2. The summed E-state index contributed by atoms with van der Waals surface area (Å²) in [5, 5.41) is 3.94. The Labute approximate surface area is 163 Å². The molecule has 0 amide bonds. The molecule has 3 rings (SSSR count). The molecular weight excluding hydrogens is 370 g/mol. The summed E-state index contributed by atoms with van der Waals surface area (Å²) in [6.07, 6.45) is 2.49. The van der Waals surface area contributed by atoms with Gasteiger partial charge in [-0.05, 0) is 67.7 Å². The van der Waals surface area contributed by atoms with Crippen LogP contribution in [-0.2, 0) is 6.54 Å². The molecule has 0 spiro atoms. The lowest BCUT2D eigenvalue weighted by Gasteiger charge is -2.32. The summed E-state index contributed by atoms with van der Waals surface area (Å²) in [7, 11) is 0. The minimum Gasteiger partial charge on any atom is -0.342 e. The van der Waals surface area contributed by atoms with Crippen LogP contribution in [0.1, 0.15) is 25.3 Å². The molecule has 138 valence electrons. The first kappa shape index (κ1) is 19.1. The number of anilines is 1. The third-order valence-corrected chi connectivity index (χ3v) is 5.64. The van der Waals surface area contributed by atoms with Crippen molar-refractivity contribution in [2.75, 3.05) is 5.32 Å². The van der Waals surface area contributed by atoms with Crippen molar-refractivity contribution in [3.8, 4) is 0 Å². The lowest BCUT2D eigenvalue weighted by atomic mass is 10.1. The Hall–Kier alpha value is -1.66. The predicted octanol–water partition coefficient (Wildman–Crippen LogP) is 6.00. The zero-order chi connectivity index (χ0) is 18.5. The van der Waals surface area contributed by atoms with Crippen LogP contribution < -0.4 is 5.32 Å². The van der Waals surface area contributed by atoms with Gasteiger partial charge in [0.25, 0.3) is 5.76 Å². The Morgan fingerprint density at radius 3 is 2.38 bits per heavy atom. The molecule has 0 aliphatic heterocycles. The number of nitrogens with one attached hydrogen (secondary N) is 1. The predicted molar refractivity (Wildman–Crippen MR) is 109 cm³/mol. The number of rotatable bonds is 7. The first-order valence-electron chi connectivity index (χ1n) is 8.69. The SMILES string of the molecule is CC(C1CC1)N(Cc1ccccc1)C(=S)Nc1ccc(SC(F)F)cc1. The third-order valence-electron chi connectivity index (χ3n) is 4.58. The molecular formula is C20H22F2N2S2. The summed E-state index contributed by atoms with van der Waals surface area (Å²) in [4.78, 5) is 2.77. The highest BCUT2D eigenvalue weighted by atomic mass is 32.2. The maximum Gasteiger partial charge on any atom is 0.288 e. The minimum absolute atomic E-state index is 0.365. The van der Waals surface area contributed by atoms with Crippen molar-refractivity contribution in [1.29, 1.82) is 0 Å². The van der Waals surface area contributed by atoms with Crippen LogP contribution in [0.3, 0.4) is 0 Å². The van der Waals surface area contributed by atoms with Crippen LogP contribution in [0.2, 0.25) is 0 Å². The molecule has 2 nitrogen and oxygen atoms in total. The third kappa shape index (κ3) is 5.42. The normalized spacial score (nSPS) is 14.9. The van der Waals surface area contributed by atoms with Gasteiger partial charge in [-0.25, -0.2) is 0 Å². The first-order valence-corrected chi connectivity index (χ1v) is 9.98. The van der Waals surface area contributed by atoms with Gasteiger partial charge >= 0.3 is 0 Å². The van der Waals surface area contributed by atoms with Gasteiger partial charge in [-0.2, -0.15) is 8.78 Å². The molecule has 0 heterocycles. The molecule has 2 aromatic carbocycles. The number of hydrogen-bond donors (Lipinski definition) is 1. The molecule has 1 saturated carbocycles. The Balaban J connectivity index is 1.68. The minimum atomic E-state index is -2.41. The van der Waals surface area contributed by atoms with E-state index in [2.05, 4.69) is 29.3 Å². The second-order valence-corrected chi connectivity index (χ2v) is 7.97. The van der Waals surface area contributed by atoms with Crippen LogP contribution in [0.4, 0.5) is 14.5 Å². The fourth-order valence-electron chi connectivity index (χ4n) is 2.93. The Bertz CT molecular complexity index is 718. The van der Waals surface area contributed by atoms with Gasteiger partial charge in [-0.1, -0.05) is 42.1 Å². The smallest absolute Gasteiger partial charge is 0.288 e. The number of thiocarbonyl (C=S) groups is 1. The van der Waals surface area contributed by atoms with Crippen molar-refractivity contribution in [2.24, 2.45) is 5.92 Å². The molecule has 1 fully saturated rings. The van der Waals surface area contributed by atoms with Crippen LogP contribution in [0.5, 0.6) is 0 Å². The van der Waals surface area contributed by atoms with Crippen molar-refractivity contribution in [3.05, 3.63) is 60.2 Å². The van der Waals surface area contributed by atoms with Gasteiger partial charge in [0, 0.05) is 23.2 Å². The highest BCUT2D eigenvalue weighted by molar-refractivity contribution is 7.99. The van der Waals surface area contributed by atoms with Crippen molar-refractivity contribution in [2.45, 2.75) is 43.0 Å². The van der Waals surface area contributed by atoms with Gasteiger partial charge in [0.1, 0.15) is 0 Å². The number of benzene rings is 2. The van der Waals surface area contributed by atoms with E-state index < -0.39 is 5.76 Å². The molecule has 26 heavy (non-hydrogen) atoms. The summed E-state index contributed by atoms with van der Waals surface area (Å²) in [5.74, 6) is -1.72. The fraction of sp³-hybridized carbons (Fsp3) is 0.350. The molecule has 6 heteroatoms. The van der Waals surface area contributed by atoms with E-state index in [4.69, 9.17) is 12.2 Å². The zero-order valence-electron chi connectivity index (χ0n) is 14.6. The van der Waals surface area contributed by atoms with Crippen molar-refractivity contribution in [1.82, 2.24) is 4.90 Å². The fourth-order valence-corrected chi connectivity index (χ4v) is 3.78. The van der Waals surface area contributed by atoms with E-state index in [0.717, 1.165) is 12.2 Å². The number of nitrogens with zero attached hydrogens (tertiary/aromatic N) is 1. The summed E-state index contributed by atoms with van der Waals surface area (Å²) in [5.41, 5.74) is 2.03. The maximum absolute atomic E-state index is 12.4. The average Bonchev–Trinajstić information content (AvgIpc) is 3.46. The van der Waals surface area contributed by atoms with Crippen LogP contribution in [0, 0.1) is 5.92 Å². The lowest BCUT2D eigenvalue weighted by molar-refractivity contribution is 0.252. The van der Waals surface area contributed by atoms with Gasteiger partial charge in [0.05, 0.1) is 0 Å². The Morgan fingerprint density at radius 1 is 1.15 bits per heavy atom. The molecule has 0 saturated heterocycles. The topological polar surface area (TPSA) is 15.3 Å². The van der Waals surface area contributed by atoms with Crippen molar-refractivity contribution < 1.29 is 8.78 Å². The molecule has 0 aromatic heterocycles. The van der Waals surface area contributed by atoms with Crippen LogP contribution in [0.25, 0.3) is 0 Å². The van der Waals surface area contributed by atoms with Crippen LogP contribution in [0.15, 0.2) is 59.5 Å². The van der Waals surface area contributed by atoms with Gasteiger partial charge < -0.3 is 10.2 Å². The van der Waals surface area contributed by atoms with Crippen molar-refractivity contribution >= 4 is 34.8 Å². The number of thioether (sulfide) groups is 1. The van der Waals surface area contributed by atoms with E-state index in [1.165, 1.54) is 18.4 Å². The molecule has 0 radical (unpaired) electrons. The lowest BCUT2D eigenvalue weighted by Crippen LogP contribution is -2.41. The second-order valence-electron chi connectivity index (χ2n) is 6.52. The van der Waals surface area contributed by atoms with Gasteiger partial charge in [-0.15, -0.1) is 0 Å². The summed E-state index contributed by atoms with van der Waals surface area (Å²) >= 11 is 6.22. The number of halogens is 2. The quantitative estimate of drug-likeness (QED) is 0.459. The van der Waals surface area contributed by atoms with E-state index in [1.807, 2.05) is 18.2 Å². The van der Waals surface area contributed by atoms with E-state index in [-0.39, 0.29) is 0 Å². The van der Waals surface area contributed by atoms with E-state index in [9.17, 15) is 8.78 Å². The van der Waals surface area contributed by atoms with Crippen LogP contribution >= 0.6 is 24.0 Å². The van der Waals surface area contributed by atoms with E-state index in [0.29, 0.717) is 33.7 Å². The maximum atomic E-state index is 12.4. The standard InChI is InChI=1S/C20H22F2N2S2/c1-14(16-7-8-16)24(13-15-5-3-2-4-6-15)20(25)23-17-9-11-18(12-10-17)26-19(21)22/h2-6,9-12,14,16,19H,7-8,13H2,1H3,(H,23,25). The second kappa shape index (κ2) is 8.82. The van der Waals surface area contributed by atoms with Gasteiger partial charge in [-0.3, -0.25) is 0 Å². The highest BCUT2D eigenvalue weighted by Crippen LogP contribution is 2.36. The average molecular weight is 393 g/mol. The van der Waals surface area contributed by atoms with Crippen LogP contribution in [-0.4, -0.2) is 21.8 Å². The Morgan fingerprint density at radius 2 is 1.81 bits per heavy atom. The molecule has 0 bridgehead atoms. The highest BCUT2D eigenvalue weighted by Gasteiger charge is 2.33. The van der Waals surface area contributed by atoms with Crippen molar-refractivity contribution in [3.63, 3.8) is 0 Å². The van der Waals surface area contributed by atoms with Gasteiger partial charge in [0.15, 0.2) is 5.11 Å². The Kier molecular flexibility index (Phi) is 6.48. The molecule has 1 aliphatic carbocycles. The monoisotopic (exact) mass is 392 g/mol. The molecule has 1 N–H and O–H groups in total. The van der Waals surface area contributed by atoms with E-state index in [1.54, 1.807) is 24.3 Å². The number of hydrogen-bond acceptors (Lipinski definition) is 2. The molecule has 2 aromatic rings. The summed E-state index contributed by atoms with van der Waals surface area (Å²) in [6.45, 7) is 2.97. The molecule has 1 aliphatic rings. The molecule has 1 unspecified atom stereocenters. The van der Waals surface area contributed by atoms with E-state index >= 15 is 0 Å².